The summed E-state index contributed by atoms with van der Waals surface area (Å²) in [5.41, 5.74) is 3.57. The molecule has 1 heterocycles. The number of rotatable bonds is 4. The summed E-state index contributed by atoms with van der Waals surface area (Å²) >= 11 is 0. The standard InChI is InChI=1S/C16H24N2O/c1-12-6-7-13(2)14(9-12)10-16(19)18(3)11-15-5-4-8-17-15/h6-7,9,15,17H,4-5,8,10-11H2,1-3H3. The average molecular weight is 260 g/mol. The monoisotopic (exact) mass is 260 g/mol. The number of likely N-dealkylation sites (N-methyl/N-ethyl adjacent to an activating group) is 1. The Bertz CT molecular complexity index is 450. The van der Waals surface area contributed by atoms with Gasteiger partial charge in [0.25, 0.3) is 0 Å². The Kier molecular flexibility index (Phi) is 4.59. The maximum absolute atomic E-state index is 12.3. The van der Waals surface area contributed by atoms with Crippen LogP contribution < -0.4 is 5.32 Å². The summed E-state index contributed by atoms with van der Waals surface area (Å²) in [6.45, 7) is 6.05. The van der Waals surface area contributed by atoms with E-state index >= 15 is 0 Å². The van der Waals surface area contributed by atoms with Gasteiger partial charge in [-0.25, -0.2) is 0 Å². The molecule has 1 atom stereocenters. The van der Waals surface area contributed by atoms with Crippen molar-refractivity contribution in [3.8, 4) is 0 Å². The third kappa shape index (κ3) is 3.80. The van der Waals surface area contributed by atoms with E-state index in [1.165, 1.54) is 24.0 Å². The van der Waals surface area contributed by atoms with E-state index in [9.17, 15) is 4.79 Å². The smallest absolute Gasteiger partial charge is 0.226 e. The lowest BCUT2D eigenvalue weighted by atomic mass is 10.0. The highest BCUT2D eigenvalue weighted by atomic mass is 16.2. The summed E-state index contributed by atoms with van der Waals surface area (Å²) in [5, 5.41) is 3.43. The van der Waals surface area contributed by atoms with Crippen molar-refractivity contribution in [2.24, 2.45) is 0 Å². The number of carbonyl (C=O) groups excluding carboxylic acids is 1. The number of nitrogens with one attached hydrogen (secondary N) is 1. The van der Waals surface area contributed by atoms with Crippen LogP contribution >= 0.6 is 0 Å². The van der Waals surface area contributed by atoms with Crippen LogP contribution in [0, 0.1) is 13.8 Å². The van der Waals surface area contributed by atoms with Crippen LogP contribution in [0.1, 0.15) is 29.5 Å². The quantitative estimate of drug-likeness (QED) is 0.898. The van der Waals surface area contributed by atoms with Crippen molar-refractivity contribution in [2.45, 2.75) is 39.2 Å². The van der Waals surface area contributed by atoms with Crippen molar-refractivity contribution in [3.63, 3.8) is 0 Å². The molecule has 3 heteroatoms. The normalized spacial score (nSPS) is 18.6. The minimum absolute atomic E-state index is 0.211. The van der Waals surface area contributed by atoms with Crippen molar-refractivity contribution in [2.75, 3.05) is 20.1 Å². The fraction of sp³-hybridized carbons (Fsp3) is 0.562. The molecule has 0 aromatic heterocycles. The maximum atomic E-state index is 12.3. The molecule has 1 amide bonds. The van der Waals surface area contributed by atoms with Crippen LogP contribution in [0.15, 0.2) is 18.2 Å². The van der Waals surface area contributed by atoms with Gasteiger partial charge in [0.05, 0.1) is 6.42 Å². The van der Waals surface area contributed by atoms with Gasteiger partial charge in [0, 0.05) is 19.6 Å². The molecule has 1 unspecified atom stereocenters. The molecule has 19 heavy (non-hydrogen) atoms. The summed E-state index contributed by atoms with van der Waals surface area (Å²) in [6, 6.07) is 6.79. The molecule has 1 N–H and O–H groups in total. The fourth-order valence-corrected chi connectivity index (χ4v) is 2.63. The lowest BCUT2D eigenvalue weighted by Gasteiger charge is -2.22. The number of carbonyl (C=O) groups is 1. The van der Waals surface area contributed by atoms with Gasteiger partial charge in [0.15, 0.2) is 0 Å². The number of amides is 1. The van der Waals surface area contributed by atoms with Gasteiger partial charge in [-0.05, 0) is 44.4 Å². The van der Waals surface area contributed by atoms with Crippen molar-refractivity contribution in [3.05, 3.63) is 34.9 Å². The molecule has 1 fully saturated rings. The highest BCUT2D eigenvalue weighted by Gasteiger charge is 2.19. The van der Waals surface area contributed by atoms with Gasteiger partial charge in [-0.2, -0.15) is 0 Å². The Labute approximate surface area is 116 Å². The van der Waals surface area contributed by atoms with Gasteiger partial charge in [-0.1, -0.05) is 23.8 Å². The van der Waals surface area contributed by atoms with Crippen LogP contribution in [-0.2, 0) is 11.2 Å². The predicted octanol–water partition coefficient (Wildman–Crippen LogP) is 2.06. The number of hydrogen-bond acceptors (Lipinski definition) is 2. The van der Waals surface area contributed by atoms with Gasteiger partial charge in [0.2, 0.25) is 5.91 Å². The van der Waals surface area contributed by atoms with E-state index in [2.05, 4.69) is 37.4 Å². The number of nitrogens with zero attached hydrogens (tertiary/aromatic N) is 1. The Morgan fingerprint density at radius 1 is 1.42 bits per heavy atom. The molecule has 0 bridgehead atoms. The maximum Gasteiger partial charge on any atom is 0.226 e. The molecule has 1 aromatic rings. The van der Waals surface area contributed by atoms with E-state index in [4.69, 9.17) is 0 Å². The molecule has 0 saturated carbocycles. The Balaban J connectivity index is 1.93. The molecule has 1 aliphatic rings. The zero-order valence-electron chi connectivity index (χ0n) is 12.2. The highest BCUT2D eigenvalue weighted by Crippen LogP contribution is 2.13. The first-order valence-corrected chi connectivity index (χ1v) is 7.10. The molecule has 1 aliphatic heterocycles. The molecule has 0 aliphatic carbocycles. The second-order valence-corrected chi connectivity index (χ2v) is 5.67. The molecule has 2 rings (SSSR count). The first kappa shape index (κ1) is 14.1. The highest BCUT2D eigenvalue weighted by molar-refractivity contribution is 5.79. The van der Waals surface area contributed by atoms with Crippen LogP contribution in [0.25, 0.3) is 0 Å². The Morgan fingerprint density at radius 2 is 2.21 bits per heavy atom. The summed E-state index contributed by atoms with van der Waals surface area (Å²) in [6.07, 6.45) is 2.92. The van der Waals surface area contributed by atoms with Crippen molar-refractivity contribution in [1.29, 1.82) is 0 Å². The average Bonchev–Trinajstić information content (AvgIpc) is 2.86. The van der Waals surface area contributed by atoms with Crippen LogP contribution in [0.3, 0.4) is 0 Å². The molecule has 1 aromatic carbocycles. The van der Waals surface area contributed by atoms with E-state index in [-0.39, 0.29) is 5.91 Å². The summed E-state index contributed by atoms with van der Waals surface area (Å²) < 4.78 is 0. The lowest BCUT2D eigenvalue weighted by Crippen LogP contribution is -2.39. The van der Waals surface area contributed by atoms with Gasteiger partial charge >= 0.3 is 0 Å². The fourth-order valence-electron chi connectivity index (χ4n) is 2.63. The van der Waals surface area contributed by atoms with Gasteiger partial charge < -0.3 is 10.2 Å². The minimum Gasteiger partial charge on any atom is -0.344 e. The molecular formula is C16H24N2O. The van der Waals surface area contributed by atoms with E-state index < -0.39 is 0 Å². The molecule has 3 nitrogen and oxygen atoms in total. The van der Waals surface area contributed by atoms with E-state index in [0.29, 0.717) is 12.5 Å². The molecule has 0 radical (unpaired) electrons. The van der Waals surface area contributed by atoms with Crippen molar-refractivity contribution >= 4 is 5.91 Å². The van der Waals surface area contributed by atoms with E-state index in [1.807, 2.05) is 11.9 Å². The third-order valence-corrected chi connectivity index (χ3v) is 3.93. The summed E-state index contributed by atoms with van der Waals surface area (Å²) in [5.74, 6) is 0.211. The van der Waals surface area contributed by atoms with Gasteiger partial charge in [-0.3, -0.25) is 4.79 Å². The van der Waals surface area contributed by atoms with Crippen LogP contribution in [-0.4, -0.2) is 37.0 Å². The minimum atomic E-state index is 0.211. The zero-order chi connectivity index (χ0) is 13.8. The van der Waals surface area contributed by atoms with Crippen LogP contribution in [0.5, 0.6) is 0 Å². The van der Waals surface area contributed by atoms with Crippen LogP contribution in [0.2, 0.25) is 0 Å². The largest absolute Gasteiger partial charge is 0.344 e. The van der Waals surface area contributed by atoms with Gasteiger partial charge in [-0.15, -0.1) is 0 Å². The first-order valence-electron chi connectivity index (χ1n) is 7.10. The van der Waals surface area contributed by atoms with Gasteiger partial charge in [0.1, 0.15) is 0 Å². The van der Waals surface area contributed by atoms with E-state index in [1.54, 1.807) is 0 Å². The first-order chi connectivity index (χ1) is 9.06. The topological polar surface area (TPSA) is 32.3 Å². The Hall–Kier alpha value is -1.35. The Morgan fingerprint density at radius 3 is 2.89 bits per heavy atom. The predicted molar refractivity (Wildman–Crippen MR) is 78.3 cm³/mol. The molecular weight excluding hydrogens is 236 g/mol. The molecule has 0 spiro atoms. The summed E-state index contributed by atoms with van der Waals surface area (Å²) in [7, 11) is 1.91. The van der Waals surface area contributed by atoms with Crippen LogP contribution in [0.4, 0.5) is 0 Å². The number of aryl methyl sites for hydroxylation is 2. The lowest BCUT2D eigenvalue weighted by molar-refractivity contribution is -0.129. The molecule has 1 saturated heterocycles. The third-order valence-electron chi connectivity index (χ3n) is 3.93. The van der Waals surface area contributed by atoms with Crippen molar-refractivity contribution in [1.82, 2.24) is 10.2 Å². The zero-order valence-corrected chi connectivity index (χ0v) is 12.2. The van der Waals surface area contributed by atoms with Crippen molar-refractivity contribution < 1.29 is 4.79 Å². The number of benzene rings is 1. The second-order valence-electron chi connectivity index (χ2n) is 5.67. The SMILES string of the molecule is Cc1ccc(C)c(CC(=O)N(C)CC2CCCN2)c1. The molecule has 104 valence electrons. The number of hydrogen-bond donors (Lipinski definition) is 1. The van der Waals surface area contributed by atoms with E-state index in [0.717, 1.165) is 18.7 Å². The summed E-state index contributed by atoms with van der Waals surface area (Å²) in [4.78, 5) is 14.1. The second kappa shape index (κ2) is 6.20.